The molecule has 0 unspecified atom stereocenters. The molecule has 0 atom stereocenters. The Labute approximate surface area is 107 Å². The van der Waals surface area contributed by atoms with E-state index in [1.165, 1.54) is 10.4 Å². The van der Waals surface area contributed by atoms with Crippen molar-refractivity contribution in [3.05, 3.63) is 16.0 Å². The van der Waals surface area contributed by atoms with E-state index in [2.05, 4.69) is 27.7 Å². The van der Waals surface area contributed by atoms with Crippen molar-refractivity contribution in [3.8, 4) is 0 Å². The number of hydrogen-bond donors (Lipinski definition) is 1. The van der Waals surface area contributed by atoms with Crippen LogP contribution in [0.4, 0.5) is 5.00 Å². The third-order valence-corrected chi connectivity index (χ3v) is 5.00. The highest BCUT2D eigenvalue weighted by Gasteiger charge is 2.41. The Kier molecular flexibility index (Phi) is 2.66. The third-order valence-electron chi connectivity index (χ3n) is 3.58. The van der Waals surface area contributed by atoms with Crippen molar-refractivity contribution >= 4 is 22.1 Å². The van der Waals surface area contributed by atoms with Gasteiger partial charge in [-0.15, -0.1) is 11.3 Å². The first kappa shape index (κ1) is 12.6. The highest BCUT2D eigenvalue weighted by Crippen LogP contribution is 2.51. The van der Waals surface area contributed by atoms with Gasteiger partial charge < -0.3 is 5.73 Å². The van der Waals surface area contributed by atoms with E-state index < -0.39 is 0 Å². The lowest BCUT2D eigenvalue weighted by molar-refractivity contribution is 0.101. The Morgan fingerprint density at radius 3 is 2.41 bits per heavy atom. The summed E-state index contributed by atoms with van der Waals surface area (Å²) in [6, 6.07) is 0. The van der Waals surface area contributed by atoms with Gasteiger partial charge in [-0.2, -0.15) is 0 Å². The molecule has 17 heavy (non-hydrogen) atoms. The summed E-state index contributed by atoms with van der Waals surface area (Å²) < 4.78 is 0. The van der Waals surface area contributed by atoms with Gasteiger partial charge >= 0.3 is 0 Å². The molecule has 0 amide bonds. The predicted molar refractivity (Wildman–Crippen MR) is 73.9 cm³/mol. The van der Waals surface area contributed by atoms with Crippen LogP contribution in [0.2, 0.25) is 0 Å². The molecule has 0 aromatic carbocycles. The van der Waals surface area contributed by atoms with Crippen LogP contribution in [0, 0.1) is 5.41 Å². The van der Waals surface area contributed by atoms with Gasteiger partial charge in [0.1, 0.15) is 0 Å². The number of nitrogen functional groups attached to an aromatic ring is 1. The monoisotopic (exact) mass is 251 g/mol. The van der Waals surface area contributed by atoms with Crippen LogP contribution in [0.25, 0.3) is 0 Å². The summed E-state index contributed by atoms with van der Waals surface area (Å²) >= 11 is 1.61. The van der Waals surface area contributed by atoms with E-state index in [1.807, 2.05) is 0 Å². The molecule has 0 saturated heterocycles. The zero-order valence-corrected chi connectivity index (χ0v) is 12.1. The van der Waals surface area contributed by atoms with Gasteiger partial charge in [0.2, 0.25) is 0 Å². The number of fused-ring (bicyclic) bond motifs is 1. The van der Waals surface area contributed by atoms with Crippen LogP contribution in [0.1, 0.15) is 61.8 Å². The molecule has 0 aliphatic heterocycles. The average Bonchev–Trinajstić information content (AvgIpc) is 2.38. The minimum absolute atomic E-state index is 0.105. The second kappa shape index (κ2) is 3.58. The molecular formula is C14H21NOS. The van der Waals surface area contributed by atoms with Gasteiger partial charge in [-0.3, -0.25) is 4.79 Å². The number of rotatable bonds is 1. The second-order valence-corrected chi connectivity index (χ2v) is 7.66. The number of carbonyl (C=O) groups excluding carboxylic acids is 1. The quantitative estimate of drug-likeness (QED) is 0.772. The van der Waals surface area contributed by atoms with Crippen molar-refractivity contribution in [1.82, 2.24) is 0 Å². The largest absolute Gasteiger partial charge is 0.390 e. The molecule has 0 saturated carbocycles. The molecule has 0 fully saturated rings. The van der Waals surface area contributed by atoms with Crippen molar-refractivity contribution in [2.75, 3.05) is 5.73 Å². The van der Waals surface area contributed by atoms with E-state index in [0.717, 1.165) is 18.4 Å². The topological polar surface area (TPSA) is 43.1 Å². The number of thiophene rings is 1. The summed E-state index contributed by atoms with van der Waals surface area (Å²) in [5.74, 6) is 0.105. The Morgan fingerprint density at radius 1 is 1.29 bits per heavy atom. The number of hydrogen-bond acceptors (Lipinski definition) is 3. The Morgan fingerprint density at radius 2 is 1.88 bits per heavy atom. The number of nitrogens with two attached hydrogens (primary N) is 1. The van der Waals surface area contributed by atoms with Crippen LogP contribution >= 0.6 is 11.3 Å². The number of ketones is 1. The summed E-state index contributed by atoms with van der Waals surface area (Å²) in [6.45, 7) is 10.7. The molecular weight excluding hydrogens is 230 g/mol. The smallest absolute Gasteiger partial charge is 0.163 e. The van der Waals surface area contributed by atoms with Crippen LogP contribution < -0.4 is 5.73 Å². The van der Waals surface area contributed by atoms with Gasteiger partial charge in [0.15, 0.2) is 5.78 Å². The lowest BCUT2D eigenvalue weighted by atomic mass is 9.65. The lowest BCUT2D eigenvalue weighted by Crippen LogP contribution is -2.34. The van der Waals surface area contributed by atoms with Crippen LogP contribution in [0.3, 0.4) is 0 Å². The van der Waals surface area contributed by atoms with Gasteiger partial charge in [-0.05, 0) is 36.2 Å². The molecule has 1 aromatic rings. The van der Waals surface area contributed by atoms with Crippen LogP contribution in [0.5, 0.6) is 0 Å². The summed E-state index contributed by atoms with van der Waals surface area (Å²) in [7, 11) is 0. The standard InChI is InChI=1S/C14H21NOS/c1-8(16)10-9-6-13(2,3)7-14(4,5)11(9)17-12(10)15/h6-7,15H2,1-5H3. The molecule has 1 aromatic heterocycles. The molecule has 1 aliphatic rings. The van der Waals surface area contributed by atoms with E-state index in [9.17, 15) is 4.79 Å². The maximum atomic E-state index is 11.7. The predicted octanol–water partition coefficient (Wildman–Crippen LogP) is 3.78. The SMILES string of the molecule is CC(=O)c1c(N)sc2c1CC(C)(C)CC2(C)C. The van der Waals surface area contributed by atoms with Crippen LogP contribution in [0.15, 0.2) is 0 Å². The molecule has 1 heterocycles. The highest BCUT2D eigenvalue weighted by molar-refractivity contribution is 7.16. The summed E-state index contributed by atoms with van der Waals surface area (Å²) in [4.78, 5) is 13.1. The minimum atomic E-state index is 0.105. The fraction of sp³-hybridized carbons (Fsp3) is 0.643. The van der Waals surface area contributed by atoms with Crippen molar-refractivity contribution in [2.45, 2.75) is 52.9 Å². The Hall–Kier alpha value is -0.830. The van der Waals surface area contributed by atoms with E-state index >= 15 is 0 Å². The van der Waals surface area contributed by atoms with Gasteiger partial charge in [0.05, 0.1) is 10.6 Å². The van der Waals surface area contributed by atoms with Crippen molar-refractivity contribution in [2.24, 2.45) is 5.41 Å². The third kappa shape index (κ3) is 2.01. The minimum Gasteiger partial charge on any atom is -0.390 e. The Bertz CT molecular complexity index is 483. The maximum absolute atomic E-state index is 11.7. The summed E-state index contributed by atoms with van der Waals surface area (Å²) in [5, 5.41) is 0.702. The van der Waals surface area contributed by atoms with Gasteiger partial charge in [-0.1, -0.05) is 27.7 Å². The molecule has 0 bridgehead atoms. The highest BCUT2D eigenvalue weighted by atomic mass is 32.1. The fourth-order valence-corrected chi connectivity index (χ4v) is 4.64. The molecule has 94 valence electrons. The van der Waals surface area contributed by atoms with Crippen molar-refractivity contribution in [3.63, 3.8) is 0 Å². The molecule has 2 nitrogen and oxygen atoms in total. The first-order chi connectivity index (χ1) is 7.64. The average molecular weight is 251 g/mol. The molecule has 3 heteroatoms. The molecule has 2 rings (SSSR count). The number of anilines is 1. The number of carbonyl (C=O) groups is 1. The first-order valence-electron chi connectivity index (χ1n) is 6.07. The normalized spacial score (nSPS) is 21.0. The van der Waals surface area contributed by atoms with E-state index in [-0.39, 0.29) is 16.6 Å². The van der Waals surface area contributed by atoms with Crippen molar-refractivity contribution in [1.29, 1.82) is 0 Å². The van der Waals surface area contributed by atoms with E-state index in [0.29, 0.717) is 5.00 Å². The fourth-order valence-electron chi connectivity index (χ4n) is 3.40. The van der Waals surface area contributed by atoms with E-state index in [1.54, 1.807) is 18.3 Å². The molecule has 0 radical (unpaired) electrons. The zero-order valence-electron chi connectivity index (χ0n) is 11.3. The van der Waals surface area contributed by atoms with Gasteiger partial charge in [0, 0.05) is 4.88 Å². The van der Waals surface area contributed by atoms with Crippen LogP contribution in [-0.2, 0) is 11.8 Å². The number of Topliss-reactive ketones (excluding diaryl/α,β-unsaturated/α-hetero) is 1. The summed E-state index contributed by atoms with van der Waals surface area (Å²) in [5.41, 5.74) is 8.39. The maximum Gasteiger partial charge on any atom is 0.163 e. The second-order valence-electron chi connectivity index (χ2n) is 6.61. The zero-order chi connectivity index (χ0) is 13.0. The molecule has 0 spiro atoms. The lowest BCUT2D eigenvalue weighted by Gasteiger charge is -2.40. The van der Waals surface area contributed by atoms with E-state index in [4.69, 9.17) is 5.73 Å². The molecule has 2 N–H and O–H groups in total. The van der Waals surface area contributed by atoms with Crippen molar-refractivity contribution < 1.29 is 4.79 Å². The first-order valence-corrected chi connectivity index (χ1v) is 6.88. The Balaban J connectivity index is 2.67. The van der Waals surface area contributed by atoms with Crippen LogP contribution in [-0.4, -0.2) is 5.78 Å². The van der Waals surface area contributed by atoms with Gasteiger partial charge in [0.25, 0.3) is 0 Å². The summed E-state index contributed by atoms with van der Waals surface area (Å²) in [6.07, 6.45) is 2.11. The molecule has 1 aliphatic carbocycles. The van der Waals surface area contributed by atoms with Gasteiger partial charge in [-0.25, -0.2) is 0 Å².